The van der Waals surface area contributed by atoms with Gasteiger partial charge >= 0.3 is 0 Å². The summed E-state index contributed by atoms with van der Waals surface area (Å²) < 4.78 is 0. The van der Waals surface area contributed by atoms with Crippen LogP contribution >= 0.6 is 12.4 Å². The molecule has 0 radical (unpaired) electrons. The van der Waals surface area contributed by atoms with E-state index in [4.69, 9.17) is 0 Å². The molecule has 0 saturated carbocycles. The Labute approximate surface area is 69.5 Å². The first-order valence-electron chi connectivity index (χ1n) is 3.67. The summed E-state index contributed by atoms with van der Waals surface area (Å²) in [5, 5.41) is 0. The number of nitrogens with zero attached hydrogens (tertiary/aromatic N) is 1. The maximum atomic E-state index is 3.79. The normalized spacial score (nSPS) is 27.1. The smallest absolute Gasteiger partial charge is 0.0272 e. The lowest BCUT2D eigenvalue weighted by atomic mass is 10.0. The minimum Gasteiger partial charge on any atom is -0.300 e. The van der Waals surface area contributed by atoms with E-state index in [-0.39, 0.29) is 12.4 Å². The monoisotopic (exact) mass is 161 g/mol. The second kappa shape index (κ2) is 4.75. The zero-order valence-electron chi connectivity index (χ0n) is 6.55. The second-order valence-electron chi connectivity index (χ2n) is 2.78. The molecule has 1 aliphatic heterocycles. The van der Waals surface area contributed by atoms with Crippen molar-refractivity contribution in [1.29, 1.82) is 0 Å². The van der Waals surface area contributed by atoms with Gasteiger partial charge in [0.2, 0.25) is 0 Å². The Kier molecular flexibility index (Phi) is 4.75. The van der Waals surface area contributed by atoms with Gasteiger partial charge in [-0.05, 0) is 26.4 Å². The highest BCUT2D eigenvalue weighted by Crippen LogP contribution is 2.14. The number of likely N-dealkylation sites (N-methyl/N-ethyl adjacent to an activating group) is 1. The van der Waals surface area contributed by atoms with Gasteiger partial charge in [0, 0.05) is 6.04 Å². The first-order chi connectivity index (χ1) is 4.34. The Hall–Kier alpha value is -0.0100. The summed E-state index contributed by atoms with van der Waals surface area (Å²) in [6, 6.07) is 0.652. The minimum atomic E-state index is 0. The second-order valence-corrected chi connectivity index (χ2v) is 2.78. The van der Waals surface area contributed by atoms with Crippen molar-refractivity contribution in [2.24, 2.45) is 0 Å². The van der Waals surface area contributed by atoms with Crippen molar-refractivity contribution in [3.63, 3.8) is 0 Å². The molecule has 0 N–H and O–H groups in total. The maximum absolute atomic E-state index is 3.79. The van der Waals surface area contributed by atoms with Crippen LogP contribution in [0.5, 0.6) is 0 Å². The number of hydrogen-bond donors (Lipinski definition) is 0. The van der Waals surface area contributed by atoms with Crippen LogP contribution in [0.4, 0.5) is 0 Å². The fourth-order valence-corrected chi connectivity index (χ4v) is 1.40. The Morgan fingerprint density at radius 3 is 2.60 bits per heavy atom. The summed E-state index contributed by atoms with van der Waals surface area (Å²) in [6.45, 7) is 5.04. The summed E-state index contributed by atoms with van der Waals surface area (Å²) in [4.78, 5) is 2.37. The standard InChI is InChI=1S/C8H15N.ClH/c1-3-8-6-4-5-7-9(8)2;/h3,8H,1,4-7H2,2H3;1H. The van der Waals surface area contributed by atoms with E-state index in [1.807, 2.05) is 0 Å². The van der Waals surface area contributed by atoms with Crippen molar-refractivity contribution < 1.29 is 0 Å². The van der Waals surface area contributed by atoms with Gasteiger partial charge in [-0.25, -0.2) is 0 Å². The van der Waals surface area contributed by atoms with Crippen LogP contribution in [0, 0.1) is 0 Å². The van der Waals surface area contributed by atoms with Gasteiger partial charge in [0.15, 0.2) is 0 Å². The minimum absolute atomic E-state index is 0. The third-order valence-corrected chi connectivity index (χ3v) is 2.10. The summed E-state index contributed by atoms with van der Waals surface area (Å²) in [6.07, 6.45) is 6.10. The van der Waals surface area contributed by atoms with Gasteiger partial charge in [0.1, 0.15) is 0 Å². The molecule has 0 spiro atoms. The fraction of sp³-hybridized carbons (Fsp3) is 0.750. The van der Waals surface area contributed by atoms with E-state index >= 15 is 0 Å². The van der Waals surface area contributed by atoms with Gasteiger partial charge in [-0.2, -0.15) is 0 Å². The highest BCUT2D eigenvalue weighted by Gasteiger charge is 2.14. The van der Waals surface area contributed by atoms with Gasteiger partial charge in [-0.1, -0.05) is 12.5 Å². The van der Waals surface area contributed by atoms with Crippen molar-refractivity contribution in [2.45, 2.75) is 25.3 Å². The molecule has 1 nitrogen and oxygen atoms in total. The summed E-state index contributed by atoms with van der Waals surface area (Å²) in [7, 11) is 2.17. The van der Waals surface area contributed by atoms with Crippen molar-refractivity contribution in [3.05, 3.63) is 12.7 Å². The molecule has 0 amide bonds. The van der Waals surface area contributed by atoms with Crippen LogP contribution in [0.25, 0.3) is 0 Å². The third-order valence-electron chi connectivity index (χ3n) is 2.10. The molecular weight excluding hydrogens is 146 g/mol. The van der Waals surface area contributed by atoms with Crippen LogP contribution in [-0.4, -0.2) is 24.5 Å². The molecule has 1 atom stereocenters. The summed E-state index contributed by atoms with van der Waals surface area (Å²) in [5.41, 5.74) is 0. The fourth-order valence-electron chi connectivity index (χ4n) is 1.40. The lowest BCUT2D eigenvalue weighted by Crippen LogP contribution is -2.34. The Balaban J connectivity index is 0.000000810. The highest BCUT2D eigenvalue weighted by atomic mass is 35.5. The van der Waals surface area contributed by atoms with Gasteiger partial charge < -0.3 is 0 Å². The molecule has 1 heterocycles. The SMILES string of the molecule is C=CC1CCCCN1C.Cl. The first kappa shape index (κ1) is 9.99. The van der Waals surface area contributed by atoms with Crippen LogP contribution < -0.4 is 0 Å². The highest BCUT2D eigenvalue weighted by molar-refractivity contribution is 5.85. The lowest BCUT2D eigenvalue weighted by molar-refractivity contribution is 0.222. The molecule has 1 fully saturated rings. The number of hydrogen-bond acceptors (Lipinski definition) is 1. The Morgan fingerprint density at radius 1 is 1.50 bits per heavy atom. The lowest BCUT2D eigenvalue weighted by Gasteiger charge is -2.29. The van der Waals surface area contributed by atoms with Crippen molar-refractivity contribution in [2.75, 3.05) is 13.6 Å². The predicted molar refractivity (Wildman–Crippen MR) is 47.7 cm³/mol. The molecule has 2 heteroatoms. The van der Waals surface area contributed by atoms with E-state index in [0.717, 1.165) is 0 Å². The zero-order valence-corrected chi connectivity index (χ0v) is 7.36. The van der Waals surface area contributed by atoms with Crippen LogP contribution in [0.15, 0.2) is 12.7 Å². The van der Waals surface area contributed by atoms with Gasteiger partial charge in [0.25, 0.3) is 0 Å². The molecular formula is C8H16ClN. The molecule has 1 aliphatic rings. The van der Waals surface area contributed by atoms with Gasteiger partial charge in [-0.3, -0.25) is 4.90 Å². The number of piperidine rings is 1. The van der Waals surface area contributed by atoms with E-state index in [1.165, 1.54) is 25.8 Å². The van der Waals surface area contributed by atoms with Crippen LogP contribution in [0.2, 0.25) is 0 Å². The van der Waals surface area contributed by atoms with Gasteiger partial charge in [0.05, 0.1) is 0 Å². The quantitative estimate of drug-likeness (QED) is 0.533. The molecule has 0 aromatic rings. The van der Waals surface area contributed by atoms with E-state index in [2.05, 4.69) is 24.6 Å². The summed E-state index contributed by atoms with van der Waals surface area (Å²) >= 11 is 0. The molecule has 1 unspecified atom stereocenters. The molecule has 0 aliphatic carbocycles. The number of rotatable bonds is 1. The largest absolute Gasteiger partial charge is 0.300 e. The van der Waals surface area contributed by atoms with Crippen LogP contribution in [0.1, 0.15) is 19.3 Å². The maximum Gasteiger partial charge on any atom is 0.0272 e. The molecule has 1 rings (SSSR count). The molecule has 60 valence electrons. The first-order valence-corrected chi connectivity index (χ1v) is 3.67. The van der Waals surface area contributed by atoms with E-state index < -0.39 is 0 Å². The molecule has 0 bridgehead atoms. The molecule has 1 saturated heterocycles. The average Bonchev–Trinajstić information content (AvgIpc) is 1.89. The van der Waals surface area contributed by atoms with Crippen molar-refractivity contribution in [3.8, 4) is 0 Å². The number of likely N-dealkylation sites (tertiary alicyclic amines) is 1. The number of halogens is 1. The van der Waals surface area contributed by atoms with Gasteiger partial charge in [-0.15, -0.1) is 19.0 Å². The van der Waals surface area contributed by atoms with Crippen LogP contribution in [0.3, 0.4) is 0 Å². The summed E-state index contributed by atoms with van der Waals surface area (Å²) in [5.74, 6) is 0. The molecule has 0 aromatic heterocycles. The topological polar surface area (TPSA) is 3.24 Å². The third kappa shape index (κ3) is 2.31. The van der Waals surface area contributed by atoms with E-state index in [0.29, 0.717) is 6.04 Å². The predicted octanol–water partition coefficient (Wildman–Crippen LogP) is 2.08. The van der Waals surface area contributed by atoms with Crippen molar-refractivity contribution in [1.82, 2.24) is 4.90 Å². The average molecular weight is 162 g/mol. The van der Waals surface area contributed by atoms with E-state index in [9.17, 15) is 0 Å². The van der Waals surface area contributed by atoms with Crippen molar-refractivity contribution >= 4 is 12.4 Å². The van der Waals surface area contributed by atoms with E-state index in [1.54, 1.807) is 0 Å². The Bertz CT molecular complexity index is 103. The molecule has 0 aromatic carbocycles. The van der Waals surface area contributed by atoms with Crippen LogP contribution in [-0.2, 0) is 0 Å². The molecule has 10 heavy (non-hydrogen) atoms. The Morgan fingerprint density at radius 2 is 2.20 bits per heavy atom. The zero-order chi connectivity index (χ0) is 6.69.